The number of ether oxygens (including phenoxy) is 3. The number of rotatable bonds is 8. The average Bonchev–Trinajstić information content (AvgIpc) is 2.67. The van der Waals surface area contributed by atoms with Gasteiger partial charge in [0.1, 0.15) is 17.2 Å². The monoisotopic (exact) mass is 374 g/mol. The van der Waals surface area contributed by atoms with Gasteiger partial charge in [-0.05, 0) is 37.3 Å². The summed E-state index contributed by atoms with van der Waals surface area (Å²) >= 11 is 0. The van der Waals surface area contributed by atoms with Gasteiger partial charge in [0, 0.05) is 0 Å². The Hall–Kier alpha value is -3.62. The Morgan fingerprint density at radius 2 is 1.93 bits per heavy atom. The van der Waals surface area contributed by atoms with Crippen LogP contribution in [-0.2, 0) is 9.53 Å². The largest absolute Gasteiger partial charge is 0.496 e. The highest BCUT2D eigenvalue weighted by Crippen LogP contribution is 2.28. The first kappa shape index (κ1) is 19.7. The van der Waals surface area contributed by atoms with E-state index in [4.69, 9.17) is 14.2 Å². The van der Waals surface area contributed by atoms with E-state index in [1.54, 1.807) is 25.1 Å². The van der Waals surface area contributed by atoms with Crippen LogP contribution in [0.1, 0.15) is 17.3 Å². The van der Waals surface area contributed by atoms with Gasteiger partial charge in [-0.1, -0.05) is 6.07 Å². The first-order valence-electron chi connectivity index (χ1n) is 7.97. The van der Waals surface area contributed by atoms with Crippen LogP contribution in [0.4, 0.5) is 11.4 Å². The fourth-order valence-corrected chi connectivity index (χ4v) is 2.16. The van der Waals surface area contributed by atoms with Gasteiger partial charge in [0.2, 0.25) is 0 Å². The number of amides is 1. The molecule has 0 aliphatic carbocycles. The van der Waals surface area contributed by atoms with Crippen molar-refractivity contribution in [2.45, 2.75) is 6.92 Å². The molecule has 1 N–H and O–H groups in total. The second-order valence-electron chi connectivity index (χ2n) is 5.23. The van der Waals surface area contributed by atoms with E-state index in [1.165, 1.54) is 31.4 Å². The molecule has 0 radical (unpaired) electrons. The predicted molar refractivity (Wildman–Crippen MR) is 96.2 cm³/mol. The number of carbonyl (C=O) groups excluding carboxylic acids is 2. The Kier molecular flexibility index (Phi) is 6.70. The maximum atomic E-state index is 12.1. The number of nitro benzene ring substituents is 1. The van der Waals surface area contributed by atoms with Crippen LogP contribution in [0.15, 0.2) is 42.5 Å². The van der Waals surface area contributed by atoms with Crippen molar-refractivity contribution in [1.29, 1.82) is 0 Å². The Labute approximate surface area is 155 Å². The summed E-state index contributed by atoms with van der Waals surface area (Å²) in [5, 5.41) is 13.5. The second-order valence-corrected chi connectivity index (χ2v) is 5.23. The molecule has 2 aromatic rings. The summed E-state index contributed by atoms with van der Waals surface area (Å²) in [7, 11) is 1.38. The molecule has 0 aromatic heterocycles. The van der Waals surface area contributed by atoms with Crippen molar-refractivity contribution in [1.82, 2.24) is 0 Å². The number of hydrogen-bond acceptors (Lipinski definition) is 7. The maximum absolute atomic E-state index is 12.1. The lowest BCUT2D eigenvalue weighted by Crippen LogP contribution is -2.20. The molecular weight excluding hydrogens is 356 g/mol. The van der Waals surface area contributed by atoms with Gasteiger partial charge in [-0.25, -0.2) is 4.79 Å². The van der Waals surface area contributed by atoms with Crippen molar-refractivity contribution in [3.8, 4) is 11.5 Å². The van der Waals surface area contributed by atoms with E-state index in [2.05, 4.69) is 5.32 Å². The second kappa shape index (κ2) is 9.18. The molecule has 9 nitrogen and oxygen atoms in total. The van der Waals surface area contributed by atoms with E-state index in [0.717, 1.165) is 0 Å². The summed E-state index contributed by atoms with van der Waals surface area (Å²) in [6, 6.07) is 10.2. The van der Waals surface area contributed by atoms with Crippen molar-refractivity contribution in [2.75, 3.05) is 25.6 Å². The number of methoxy groups -OCH3 is 1. The Morgan fingerprint density at radius 3 is 2.59 bits per heavy atom. The topological polar surface area (TPSA) is 117 Å². The number of nitrogens with zero attached hydrogens (tertiary/aromatic N) is 1. The molecular formula is C18H18N2O7. The zero-order valence-electron chi connectivity index (χ0n) is 14.8. The summed E-state index contributed by atoms with van der Waals surface area (Å²) in [5.41, 5.74) is 0.0160. The molecule has 142 valence electrons. The molecule has 27 heavy (non-hydrogen) atoms. The SMILES string of the molecule is CCOC(=O)c1cccc(OCC(=O)Nc2ccc(OC)cc2[N+](=O)[O-])c1. The van der Waals surface area contributed by atoms with Gasteiger partial charge >= 0.3 is 5.97 Å². The van der Waals surface area contributed by atoms with Gasteiger partial charge in [-0.3, -0.25) is 14.9 Å². The quantitative estimate of drug-likeness (QED) is 0.429. The zero-order chi connectivity index (χ0) is 19.8. The van der Waals surface area contributed by atoms with E-state index >= 15 is 0 Å². The molecule has 0 saturated carbocycles. The van der Waals surface area contributed by atoms with Gasteiger partial charge in [0.15, 0.2) is 6.61 Å². The molecule has 1 amide bonds. The van der Waals surface area contributed by atoms with Gasteiger partial charge < -0.3 is 19.5 Å². The third-order valence-corrected chi connectivity index (χ3v) is 3.39. The molecule has 0 heterocycles. The summed E-state index contributed by atoms with van der Waals surface area (Å²) in [6.45, 7) is 1.55. The van der Waals surface area contributed by atoms with Crippen LogP contribution < -0.4 is 14.8 Å². The minimum absolute atomic E-state index is 0.0228. The fraction of sp³-hybridized carbons (Fsp3) is 0.222. The molecule has 0 spiro atoms. The van der Waals surface area contributed by atoms with Crippen LogP contribution in [0.3, 0.4) is 0 Å². The molecule has 9 heteroatoms. The lowest BCUT2D eigenvalue weighted by molar-refractivity contribution is -0.384. The van der Waals surface area contributed by atoms with Crippen LogP contribution in [0, 0.1) is 10.1 Å². The van der Waals surface area contributed by atoms with Crippen LogP contribution in [0.5, 0.6) is 11.5 Å². The third kappa shape index (κ3) is 5.43. The van der Waals surface area contributed by atoms with Crippen LogP contribution in [0.25, 0.3) is 0 Å². The van der Waals surface area contributed by atoms with Crippen LogP contribution >= 0.6 is 0 Å². The number of nitrogens with one attached hydrogen (secondary N) is 1. The van der Waals surface area contributed by atoms with E-state index in [9.17, 15) is 19.7 Å². The Balaban J connectivity index is 2.02. The highest BCUT2D eigenvalue weighted by molar-refractivity contribution is 5.94. The number of hydrogen-bond donors (Lipinski definition) is 1. The molecule has 0 fully saturated rings. The van der Waals surface area contributed by atoms with Gasteiger partial charge in [0.25, 0.3) is 11.6 Å². The summed E-state index contributed by atoms with van der Waals surface area (Å²) in [4.78, 5) is 34.3. The molecule has 0 aliphatic rings. The first-order valence-corrected chi connectivity index (χ1v) is 7.97. The molecule has 2 aromatic carbocycles. The van der Waals surface area contributed by atoms with E-state index in [0.29, 0.717) is 17.1 Å². The summed E-state index contributed by atoms with van der Waals surface area (Å²) < 4.78 is 15.2. The lowest BCUT2D eigenvalue weighted by atomic mass is 10.2. The molecule has 0 aliphatic heterocycles. The minimum atomic E-state index is -0.623. The predicted octanol–water partition coefficient (Wildman–Crippen LogP) is 2.80. The van der Waals surface area contributed by atoms with Crippen molar-refractivity contribution in [3.05, 3.63) is 58.1 Å². The van der Waals surface area contributed by atoms with Crippen LogP contribution in [0.2, 0.25) is 0 Å². The molecule has 2 rings (SSSR count). The Bertz CT molecular complexity index is 851. The standard InChI is InChI=1S/C18H18N2O7/c1-3-26-18(22)12-5-4-6-14(9-12)27-11-17(21)19-15-8-7-13(25-2)10-16(15)20(23)24/h4-10H,3,11H2,1-2H3,(H,19,21). The van der Waals surface area contributed by atoms with Gasteiger partial charge in [-0.2, -0.15) is 0 Å². The summed E-state index contributed by atoms with van der Waals surface area (Å²) in [5.74, 6) is -0.502. The summed E-state index contributed by atoms with van der Waals surface area (Å²) in [6.07, 6.45) is 0. The lowest BCUT2D eigenvalue weighted by Gasteiger charge is -2.09. The van der Waals surface area contributed by atoms with E-state index in [1.807, 2.05) is 0 Å². The normalized spacial score (nSPS) is 10.0. The number of nitro groups is 1. The average molecular weight is 374 g/mol. The number of benzene rings is 2. The molecule has 0 saturated heterocycles. The van der Waals surface area contributed by atoms with Gasteiger partial charge in [0.05, 0.1) is 30.3 Å². The highest BCUT2D eigenvalue weighted by atomic mass is 16.6. The fourth-order valence-electron chi connectivity index (χ4n) is 2.16. The highest BCUT2D eigenvalue weighted by Gasteiger charge is 2.17. The van der Waals surface area contributed by atoms with Crippen molar-refractivity contribution >= 4 is 23.3 Å². The van der Waals surface area contributed by atoms with Gasteiger partial charge in [-0.15, -0.1) is 0 Å². The molecule has 0 bridgehead atoms. The zero-order valence-corrected chi connectivity index (χ0v) is 14.8. The number of anilines is 1. The number of carbonyl (C=O) groups is 2. The number of esters is 1. The van der Waals surface area contributed by atoms with Crippen molar-refractivity contribution in [2.24, 2.45) is 0 Å². The molecule has 0 unspecified atom stereocenters. The minimum Gasteiger partial charge on any atom is -0.496 e. The Morgan fingerprint density at radius 1 is 1.15 bits per heavy atom. The maximum Gasteiger partial charge on any atom is 0.338 e. The smallest absolute Gasteiger partial charge is 0.338 e. The van der Waals surface area contributed by atoms with E-state index < -0.39 is 23.4 Å². The van der Waals surface area contributed by atoms with E-state index in [-0.39, 0.29) is 18.0 Å². The molecule has 0 atom stereocenters. The first-order chi connectivity index (χ1) is 12.9. The van der Waals surface area contributed by atoms with Crippen LogP contribution in [-0.4, -0.2) is 37.1 Å². The van der Waals surface area contributed by atoms with Crippen molar-refractivity contribution in [3.63, 3.8) is 0 Å². The van der Waals surface area contributed by atoms with Crippen molar-refractivity contribution < 1.29 is 28.7 Å². The third-order valence-electron chi connectivity index (χ3n) is 3.39.